The van der Waals surface area contributed by atoms with Gasteiger partial charge in [-0.15, -0.1) is 0 Å². The van der Waals surface area contributed by atoms with E-state index in [0.717, 1.165) is 11.1 Å². The molecule has 11 heteroatoms. The molecular weight excluding hydrogens is 603 g/mol. The number of carbonyl (C=O) groups excluding carboxylic acids is 2. The van der Waals surface area contributed by atoms with E-state index in [4.69, 9.17) is 48.6 Å². The average molecular weight is 642 g/mol. The Balaban J connectivity index is 1.56. The van der Waals surface area contributed by atoms with Gasteiger partial charge in [-0.25, -0.2) is 0 Å². The molecule has 9 nitrogen and oxygen atoms in total. The second-order valence-electron chi connectivity index (χ2n) is 11.4. The van der Waals surface area contributed by atoms with E-state index in [0.29, 0.717) is 66.2 Å². The fraction of sp³-hybridized carbons (Fsp3) is 0.394. The first kappa shape index (κ1) is 33.2. The summed E-state index contributed by atoms with van der Waals surface area (Å²) in [5.74, 6) is 0.238. The van der Waals surface area contributed by atoms with Crippen molar-refractivity contribution in [3.8, 4) is 17.2 Å². The summed E-state index contributed by atoms with van der Waals surface area (Å²) in [6.07, 6.45) is 5.32. The van der Waals surface area contributed by atoms with E-state index in [1.54, 1.807) is 36.7 Å². The van der Waals surface area contributed by atoms with Gasteiger partial charge in [-0.3, -0.25) is 14.6 Å². The van der Waals surface area contributed by atoms with E-state index >= 15 is 0 Å². The van der Waals surface area contributed by atoms with Gasteiger partial charge >= 0.3 is 0 Å². The topological polar surface area (TPSA) is 128 Å². The molecule has 1 aliphatic heterocycles. The summed E-state index contributed by atoms with van der Waals surface area (Å²) in [7, 11) is 4.44. The predicted molar refractivity (Wildman–Crippen MR) is 172 cm³/mol. The summed E-state index contributed by atoms with van der Waals surface area (Å²) < 4.78 is 16.2. The molecule has 4 rings (SSSR count). The number of nitrogens with zero attached hydrogens (tertiary/aromatic N) is 2. The van der Waals surface area contributed by atoms with Crippen LogP contribution in [0.5, 0.6) is 17.2 Å². The number of nitrogens with one attached hydrogen (secondary N) is 1. The van der Waals surface area contributed by atoms with E-state index in [1.165, 1.54) is 21.3 Å². The quantitative estimate of drug-likeness (QED) is 0.176. The van der Waals surface area contributed by atoms with Gasteiger partial charge in [0.25, 0.3) is 0 Å². The zero-order valence-electron chi connectivity index (χ0n) is 25.4. The molecule has 0 radical (unpaired) electrons. The largest absolute Gasteiger partial charge is 0.493 e. The Morgan fingerprint density at radius 3 is 2.20 bits per heavy atom. The number of aromatic nitrogens is 1. The van der Waals surface area contributed by atoms with Crippen LogP contribution >= 0.6 is 23.2 Å². The predicted octanol–water partition coefficient (Wildman–Crippen LogP) is 5.87. The Labute approximate surface area is 268 Å². The van der Waals surface area contributed by atoms with E-state index in [1.807, 2.05) is 25.1 Å². The summed E-state index contributed by atoms with van der Waals surface area (Å²) in [6, 6.07) is 12.3. The molecule has 1 saturated heterocycles. The Bertz CT molecular complexity index is 1500. The van der Waals surface area contributed by atoms with Crippen molar-refractivity contribution in [3.05, 3.63) is 81.6 Å². The van der Waals surface area contributed by atoms with E-state index in [-0.39, 0.29) is 23.6 Å². The fourth-order valence-corrected chi connectivity index (χ4v) is 6.25. The number of piperidine rings is 1. The molecule has 1 unspecified atom stereocenters. The standard InChI is InChI=1S/C33H38Cl2N4O5/c1-32(22-7-8-24(34)25(35)18-22,19-26(36)29(40)21-16-27(42-2)30(44-4)28(17-21)43-3)9-13-39-14-10-33(11-15-39,31(37)41)23-6-5-12-38-20-23/h5-8,12,16-18,20,36H,9-11,13-15,19H2,1-4H3,(H2,37,41). The number of halogens is 2. The number of hydrogen-bond donors (Lipinski definition) is 2. The van der Waals surface area contributed by atoms with Crippen LogP contribution in [0.3, 0.4) is 0 Å². The van der Waals surface area contributed by atoms with Gasteiger partial charge in [-0.2, -0.15) is 0 Å². The highest BCUT2D eigenvalue weighted by atomic mass is 35.5. The molecule has 1 aromatic heterocycles. The number of amides is 1. The number of carbonyl (C=O) groups is 2. The van der Waals surface area contributed by atoms with Crippen LogP contribution in [0.4, 0.5) is 0 Å². The molecule has 2 aromatic carbocycles. The van der Waals surface area contributed by atoms with Gasteiger partial charge in [-0.05, 0) is 85.8 Å². The maximum absolute atomic E-state index is 13.6. The van der Waals surface area contributed by atoms with Gasteiger partial charge in [0.2, 0.25) is 17.4 Å². The lowest BCUT2D eigenvalue weighted by Gasteiger charge is -2.41. The van der Waals surface area contributed by atoms with Crippen LogP contribution in [0, 0.1) is 5.41 Å². The van der Waals surface area contributed by atoms with E-state index in [9.17, 15) is 9.59 Å². The maximum Gasteiger partial charge on any atom is 0.228 e. The van der Waals surface area contributed by atoms with Crippen molar-refractivity contribution in [3.63, 3.8) is 0 Å². The summed E-state index contributed by atoms with van der Waals surface area (Å²) in [4.78, 5) is 32.7. The molecule has 1 fully saturated rings. The number of methoxy groups -OCH3 is 3. The van der Waals surface area contributed by atoms with Crippen molar-refractivity contribution >= 4 is 40.6 Å². The SMILES string of the molecule is COc1cc(C(=O)C(=N)CC(C)(CCN2CCC(C(N)=O)(c3cccnc3)CC2)c2ccc(Cl)c(Cl)c2)cc(OC)c1OC. The Morgan fingerprint density at radius 2 is 1.68 bits per heavy atom. The first-order valence-corrected chi connectivity index (χ1v) is 15.0. The van der Waals surface area contributed by atoms with Crippen molar-refractivity contribution in [1.29, 1.82) is 5.41 Å². The molecule has 0 saturated carbocycles. The van der Waals surface area contributed by atoms with E-state index in [2.05, 4.69) is 9.88 Å². The number of Topliss-reactive ketones (excluding diaryl/α,β-unsaturated/α-hetero) is 1. The third-order valence-electron chi connectivity index (χ3n) is 8.76. The van der Waals surface area contributed by atoms with Crippen molar-refractivity contribution in [1.82, 2.24) is 9.88 Å². The summed E-state index contributed by atoms with van der Waals surface area (Å²) in [5, 5.41) is 9.74. The van der Waals surface area contributed by atoms with Crippen molar-refractivity contribution < 1.29 is 23.8 Å². The number of nitrogens with two attached hydrogens (primary N) is 1. The maximum atomic E-state index is 13.6. The van der Waals surface area contributed by atoms with Crippen LogP contribution in [0.25, 0.3) is 0 Å². The van der Waals surface area contributed by atoms with Crippen LogP contribution in [0.2, 0.25) is 10.0 Å². The summed E-state index contributed by atoms with van der Waals surface area (Å²) in [6.45, 7) is 4.02. The highest BCUT2D eigenvalue weighted by molar-refractivity contribution is 6.45. The van der Waals surface area contributed by atoms with Crippen molar-refractivity contribution in [2.45, 2.75) is 43.4 Å². The molecule has 0 aliphatic carbocycles. The minimum Gasteiger partial charge on any atom is -0.493 e. The van der Waals surface area contributed by atoms with Crippen molar-refractivity contribution in [2.75, 3.05) is 41.0 Å². The monoisotopic (exact) mass is 640 g/mol. The Hall–Kier alpha value is -3.66. The van der Waals surface area contributed by atoms with Gasteiger partial charge in [0, 0.05) is 24.4 Å². The number of benzene rings is 2. The summed E-state index contributed by atoms with van der Waals surface area (Å²) >= 11 is 12.7. The summed E-state index contributed by atoms with van der Waals surface area (Å²) in [5.41, 5.74) is 6.42. The molecule has 1 atom stereocenters. The number of pyridine rings is 1. The number of likely N-dealkylation sites (tertiary alicyclic amines) is 1. The van der Waals surface area contributed by atoms with Gasteiger partial charge in [-0.1, -0.05) is 42.3 Å². The lowest BCUT2D eigenvalue weighted by molar-refractivity contribution is -0.125. The molecule has 234 valence electrons. The van der Waals surface area contributed by atoms with E-state index < -0.39 is 16.6 Å². The number of rotatable bonds is 13. The van der Waals surface area contributed by atoms with Gasteiger partial charge < -0.3 is 30.3 Å². The van der Waals surface area contributed by atoms with Gasteiger partial charge in [0.1, 0.15) is 0 Å². The Morgan fingerprint density at radius 1 is 1.02 bits per heavy atom. The number of ketones is 1. The lowest BCUT2D eigenvalue weighted by atomic mass is 9.72. The second-order valence-corrected chi connectivity index (χ2v) is 12.2. The van der Waals surface area contributed by atoms with Gasteiger partial charge in [0.05, 0.1) is 42.5 Å². The van der Waals surface area contributed by atoms with Crippen molar-refractivity contribution in [2.24, 2.45) is 5.73 Å². The number of hydrogen-bond acceptors (Lipinski definition) is 8. The molecule has 3 aromatic rings. The molecular formula is C33H38Cl2N4O5. The molecule has 2 heterocycles. The third-order valence-corrected chi connectivity index (χ3v) is 9.50. The lowest BCUT2D eigenvalue weighted by Crippen LogP contribution is -2.50. The molecule has 0 spiro atoms. The molecule has 1 amide bonds. The number of ether oxygens (including phenoxy) is 3. The Kier molecular flexibility index (Phi) is 10.6. The van der Waals surface area contributed by atoms with Crippen LogP contribution in [0.15, 0.2) is 54.9 Å². The highest BCUT2D eigenvalue weighted by Crippen LogP contribution is 2.41. The normalized spacial score (nSPS) is 16.0. The zero-order chi connectivity index (χ0) is 32.1. The molecule has 44 heavy (non-hydrogen) atoms. The smallest absolute Gasteiger partial charge is 0.228 e. The number of primary amides is 1. The first-order chi connectivity index (χ1) is 21.0. The molecule has 1 aliphatic rings. The van der Waals surface area contributed by atoms with Crippen LogP contribution < -0.4 is 19.9 Å². The van der Waals surface area contributed by atoms with Gasteiger partial charge in [0.15, 0.2) is 11.5 Å². The minimum atomic E-state index is -0.757. The minimum absolute atomic E-state index is 0.0733. The zero-order valence-corrected chi connectivity index (χ0v) is 26.9. The van der Waals surface area contributed by atoms with Crippen LogP contribution in [-0.4, -0.2) is 68.2 Å². The van der Waals surface area contributed by atoms with Crippen LogP contribution in [-0.2, 0) is 15.6 Å². The van der Waals surface area contributed by atoms with Crippen LogP contribution in [0.1, 0.15) is 54.1 Å². The third kappa shape index (κ3) is 6.85. The second kappa shape index (κ2) is 14.0. The molecule has 0 bridgehead atoms. The molecule has 3 N–H and O–H groups in total. The highest BCUT2D eigenvalue weighted by Gasteiger charge is 2.42. The fourth-order valence-electron chi connectivity index (χ4n) is 5.95. The first-order valence-electron chi connectivity index (χ1n) is 14.3. The average Bonchev–Trinajstić information content (AvgIpc) is 3.04.